The maximum absolute atomic E-state index is 11.7. The molecule has 1 aromatic carbocycles. The number of benzene rings is 1. The Morgan fingerprint density at radius 1 is 1.47 bits per heavy atom. The van der Waals surface area contributed by atoms with Crippen LogP contribution in [0.15, 0.2) is 29.2 Å². The molecule has 1 saturated carbocycles. The van der Waals surface area contributed by atoms with Crippen LogP contribution in [0, 0.1) is 5.92 Å². The van der Waals surface area contributed by atoms with E-state index in [2.05, 4.69) is 5.32 Å². The zero-order valence-electron chi connectivity index (χ0n) is 10.9. The number of carboxylic acids is 1. The molecule has 0 aromatic heterocycles. The summed E-state index contributed by atoms with van der Waals surface area (Å²) >= 11 is 7.42. The highest BCUT2D eigenvalue weighted by Gasteiger charge is 2.50. The highest BCUT2D eigenvalue weighted by molar-refractivity contribution is 7.99. The van der Waals surface area contributed by atoms with Gasteiger partial charge in [-0.1, -0.05) is 18.5 Å². The van der Waals surface area contributed by atoms with Crippen LogP contribution in [0.5, 0.6) is 0 Å². The molecular weight excluding hydrogens is 282 g/mol. The Kier molecular flexibility index (Phi) is 4.76. The second-order valence-corrected chi connectivity index (χ2v) is 6.31. The summed E-state index contributed by atoms with van der Waals surface area (Å²) in [5.41, 5.74) is -0.793. The van der Waals surface area contributed by atoms with Gasteiger partial charge >= 0.3 is 5.97 Å². The van der Waals surface area contributed by atoms with Crippen LogP contribution in [0.25, 0.3) is 0 Å². The number of carboxylic acid groups (broad SMARTS) is 1. The first-order valence-corrected chi connectivity index (χ1v) is 7.81. The first-order chi connectivity index (χ1) is 9.08. The molecule has 0 bridgehead atoms. The lowest BCUT2D eigenvalue weighted by Crippen LogP contribution is -2.56. The summed E-state index contributed by atoms with van der Waals surface area (Å²) in [5, 5.41) is 13.5. The average molecular weight is 300 g/mol. The molecule has 0 saturated heterocycles. The molecular formula is C14H18ClNO2S. The van der Waals surface area contributed by atoms with Crippen molar-refractivity contribution < 1.29 is 9.90 Å². The van der Waals surface area contributed by atoms with E-state index in [-0.39, 0.29) is 5.92 Å². The number of aliphatic carboxylic acids is 1. The normalized spacial score (nSPS) is 18.0. The van der Waals surface area contributed by atoms with Crippen LogP contribution in [0.1, 0.15) is 19.8 Å². The fraction of sp³-hybridized carbons (Fsp3) is 0.500. The van der Waals surface area contributed by atoms with Gasteiger partial charge in [0.05, 0.1) is 0 Å². The lowest BCUT2D eigenvalue weighted by Gasteiger charge is -2.30. The molecule has 5 heteroatoms. The minimum Gasteiger partial charge on any atom is -0.480 e. The van der Waals surface area contributed by atoms with Gasteiger partial charge in [-0.3, -0.25) is 4.79 Å². The molecule has 0 heterocycles. The van der Waals surface area contributed by atoms with Crippen LogP contribution >= 0.6 is 23.4 Å². The van der Waals surface area contributed by atoms with Gasteiger partial charge in [0.25, 0.3) is 0 Å². The maximum atomic E-state index is 11.7. The van der Waals surface area contributed by atoms with E-state index in [0.29, 0.717) is 17.3 Å². The third-order valence-corrected chi connectivity index (χ3v) is 4.89. The molecule has 1 aliphatic rings. The Bertz CT molecular complexity index is 447. The Hall–Kier alpha value is -0.710. The number of hydrogen-bond acceptors (Lipinski definition) is 3. The standard InChI is InChI=1S/C14H18ClNO2S/c1-2-16-14(13(17)18,10-3-4-10)9-19-12-7-5-11(15)6-8-12/h5-8,10,16H,2-4,9H2,1H3,(H,17,18). The van der Waals surface area contributed by atoms with Gasteiger partial charge in [0.15, 0.2) is 0 Å². The third-order valence-electron chi connectivity index (χ3n) is 3.43. The van der Waals surface area contributed by atoms with E-state index in [1.807, 2.05) is 31.2 Å². The van der Waals surface area contributed by atoms with Crippen LogP contribution in [-0.2, 0) is 4.79 Å². The molecule has 0 aliphatic heterocycles. The summed E-state index contributed by atoms with van der Waals surface area (Å²) in [4.78, 5) is 12.7. The monoisotopic (exact) mass is 299 g/mol. The molecule has 0 amide bonds. The zero-order valence-corrected chi connectivity index (χ0v) is 12.4. The van der Waals surface area contributed by atoms with Gasteiger partial charge in [-0.15, -0.1) is 11.8 Å². The van der Waals surface area contributed by atoms with E-state index >= 15 is 0 Å². The summed E-state index contributed by atoms with van der Waals surface area (Å²) in [6.45, 7) is 2.62. The van der Waals surface area contributed by atoms with Gasteiger partial charge in [-0.2, -0.15) is 0 Å². The fourth-order valence-corrected chi connectivity index (χ4v) is 3.55. The van der Waals surface area contributed by atoms with Crippen molar-refractivity contribution in [3.63, 3.8) is 0 Å². The molecule has 0 spiro atoms. The number of thioether (sulfide) groups is 1. The van der Waals surface area contributed by atoms with Crippen LogP contribution in [0.2, 0.25) is 5.02 Å². The maximum Gasteiger partial charge on any atom is 0.325 e. The van der Waals surface area contributed by atoms with E-state index < -0.39 is 11.5 Å². The van der Waals surface area contributed by atoms with E-state index in [0.717, 1.165) is 17.7 Å². The van der Waals surface area contributed by atoms with Crippen molar-refractivity contribution in [1.82, 2.24) is 5.32 Å². The predicted octanol–water partition coefficient (Wildman–Crippen LogP) is 3.28. The van der Waals surface area contributed by atoms with E-state index in [9.17, 15) is 9.90 Å². The number of hydrogen-bond donors (Lipinski definition) is 2. The van der Waals surface area contributed by atoms with E-state index in [1.54, 1.807) is 11.8 Å². The van der Waals surface area contributed by atoms with Crippen LogP contribution in [0.3, 0.4) is 0 Å². The third kappa shape index (κ3) is 3.44. The summed E-state index contributed by atoms with van der Waals surface area (Å²) < 4.78 is 0. The lowest BCUT2D eigenvalue weighted by atomic mass is 9.96. The molecule has 2 rings (SSSR count). The minimum absolute atomic E-state index is 0.254. The van der Waals surface area contributed by atoms with Gasteiger partial charge in [-0.25, -0.2) is 0 Å². The zero-order chi connectivity index (χ0) is 13.9. The highest BCUT2D eigenvalue weighted by Crippen LogP contribution is 2.42. The lowest BCUT2D eigenvalue weighted by molar-refractivity contribution is -0.144. The number of likely N-dealkylation sites (N-methyl/N-ethyl adjacent to an activating group) is 1. The Morgan fingerprint density at radius 2 is 2.11 bits per heavy atom. The highest BCUT2D eigenvalue weighted by atomic mass is 35.5. The van der Waals surface area contributed by atoms with Crippen molar-refractivity contribution in [3.05, 3.63) is 29.3 Å². The Labute approximate surface area is 122 Å². The SMILES string of the molecule is CCNC(CSc1ccc(Cl)cc1)(C(=O)O)C1CC1. The summed E-state index contributed by atoms with van der Waals surface area (Å²) in [6, 6.07) is 7.52. The number of nitrogens with one attached hydrogen (secondary N) is 1. The van der Waals surface area contributed by atoms with Gasteiger partial charge in [0.2, 0.25) is 0 Å². The van der Waals surface area contributed by atoms with Crippen LogP contribution < -0.4 is 5.32 Å². The minimum atomic E-state index is -0.793. The number of carbonyl (C=O) groups is 1. The second-order valence-electron chi connectivity index (χ2n) is 4.82. The van der Waals surface area contributed by atoms with Gasteiger partial charge in [0.1, 0.15) is 5.54 Å². The van der Waals surface area contributed by atoms with Crippen LogP contribution in [0.4, 0.5) is 0 Å². The van der Waals surface area contributed by atoms with Crippen LogP contribution in [-0.4, -0.2) is 28.9 Å². The summed E-state index contributed by atoms with van der Waals surface area (Å²) in [7, 11) is 0. The molecule has 0 radical (unpaired) electrons. The molecule has 3 nitrogen and oxygen atoms in total. The van der Waals surface area contributed by atoms with Crippen molar-refractivity contribution in [2.24, 2.45) is 5.92 Å². The molecule has 19 heavy (non-hydrogen) atoms. The van der Waals surface area contributed by atoms with Crippen molar-refractivity contribution in [3.8, 4) is 0 Å². The molecule has 1 unspecified atom stereocenters. The van der Waals surface area contributed by atoms with Gasteiger partial charge in [0, 0.05) is 15.7 Å². The number of rotatable bonds is 7. The topological polar surface area (TPSA) is 49.3 Å². The molecule has 2 N–H and O–H groups in total. The quantitative estimate of drug-likeness (QED) is 0.759. The van der Waals surface area contributed by atoms with Crippen molar-refractivity contribution >= 4 is 29.3 Å². The van der Waals surface area contributed by atoms with Gasteiger partial charge < -0.3 is 10.4 Å². The van der Waals surface area contributed by atoms with Crippen molar-refractivity contribution in [2.75, 3.05) is 12.3 Å². The predicted molar refractivity (Wildman–Crippen MR) is 78.9 cm³/mol. The fourth-order valence-electron chi connectivity index (χ4n) is 2.24. The average Bonchev–Trinajstić information content (AvgIpc) is 3.20. The molecule has 1 fully saturated rings. The van der Waals surface area contributed by atoms with E-state index in [4.69, 9.17) is 11.6 Å². The largest absolute Gasteiger partial charge is 0.480 e. The summed E-state index contributed by atoms with van der Waals surface area (Å²) in [6.07, 6.45) is 2.00. The van der Waals surface area contributed by atoms with E-state index in [1.165, 1.54) is 0 Å². The Morgan fingerprint density at radius 3 is 2.58 bits per heavy atom. The van der Waals surface area contributed by atoms with Crippen molar-refractivity contribution in [1.29, 1.82) is 0 Å². The van der Waals surface area contributed by atoms with Crippen molar-refractivity contribution in [2.45, 2.75) is 30.2 Å². The Balaban J connectivity index is 2.07. The molecule has 104 valence electrons. The molecule has 1 aromatic rings. The smallest absolute Gasteiger partial charge is 0.325 e. The molecule has 1 atom stereocenters. The van der Waals surface area contributed by atoms with Gasteiger partial charge in [-0.05, 0) is 49.6 Å². The first-order valence-electron chi connectivity index (χ1n) is 6.45. The summed E-state index contributed by atoms with van der Waals surface area (Å²) in [5.74, 6) is 0.0608. The molecule has 1 aliphatic carbocycles. The second kappa shape index (κ2) is 6.16. The number of halogens is 1. The first kappa shape index (κ1) is 14.7.